The first kappa shape index (κ1) is 12.0. The zero-order chi connectivity index (χ0) is 13.9. The molecular weight excluding hydrogens is 258 g/mol. The summed E-state index contributed by atoms with van der Waals surface area (Å²) in [7, 11) is 0. The zero-order valence-corrected chi connectivity index (χ0v) is 10.3. The van der Waals surface area contributed by atoms with E-state index in [1.165, 1.54) is 10.7 Å². The molecule has 1 heterocycles. The van der Waals surface area contributed by atoms with Crippen molar-refractivity contribution in [2.45, 2.75) is 0 Å². The number of benzene rings is 2. The van der Waals surface area contributed by atoms with Crippen LogP contribution in [0, 0.1) is 10.1 Å². The van der Waals surface area contributed by atoms with Crippen molar-refractivity contribution >= 4 is 5.69 Å². The van der Waals surface area contributed by atoms with Crippen molar-refractivity contribution in [1.29, 1.82) is 0 Å². The van der Waals surface area contributed by atoms with Gasteiger partial charge in [-0.15, -0.1) is 4.68 Å². The molecule has 7 heteroatoms. The van der Waals surface area contributed by atoms with Crippen molar-refractivity contribution in [3.63, 3.8) is 0 Å². The van der Waals surface area contributed by atoms with Crippen LogP contribution in [-0.2, 0) is 0 Å². The third kappa shape index (κ3) is 2.01. The van der Waals surface area contributed by atoms with Crippen molar-refractivity contribution in [2.24, 2.45) is 0 Å². The van der Waals surface area contributed by atoms with Gasteiger partial charge in [0.1, 0.15) is 5.10 Å². The molecule has 0 aliphatic carbocycles. The molecule has 0 aliphatic heterocycles. The number of H-pyrrole nitrogens is 1. The molecule has 3 aromatic rings. The Hall–Kier alpha value is -3.09. The molecule has 3 rings (SSSR count). The number of aromatic amines is 1. The molecule has 0 amide bonds. The van der Waals surface area contributed by atoms with Gasteiger partial charge in [-0.05, 0) is 18.2 Å². The lowest BCUT2D eigenvalue weighted by atomic mass is 10.2. The SMILES string of the molecule is O=[N+]([O-])c1ccccc1-[n+]1[nH]nnc1-c1ccccc1. The Morgan fingerprint density at radius 2 is 1.75 bits per heavy atom. The van der Waals surface area contributed by atoms with Crippen molar-refractivity contribution in [3.05, 3.63) is 64.7 Å². The second kappa shape index (κ2) is 4.88. The van der Waals surface area contributed by atoms with Gasteiger partial charge in [0, 0.05) is 6.07 Å². The van der Waals surface area contributed by atoms with E-state index in [1.54, 1.807) is 18.2 Å². The summed E-state index contributed by atoms with van der Waals surface area (Å²) in [4.78, 5) is 10.7. The maximum Gasteiger partial charge on any atom is 0.337 e. The highest BCUT2D eigenvalue weighted by Gasteiger charge is 2.25. The highest BCUT2D eigenvalue weighted by Crippen LogP contribution is 2.19. The Bertz CT molecular complexity index is 754. The summed E-state index contributed by atoms with van der Waals surface area (Å²) in [6.07, 6.45) is 0. The van der Waals surface area contributed by atoms with E-state index < -0.39 is 4.92 Å². The van der Waals surface area contributed by atoms with Gasteiger partial charge in [0.15, 0.2) is 5.21 Å². The van der Waals surface area contributed by atoms with Gasteiger partial charge in [-0.25, -0.2) is 0 Å². The average Bonchev–Trinajstić information content (AvgIpc) is 2.97. The fourth-order valence-electron chi connectivity index (χ4n) is 1.96. The van der Waals surface area contributed by atoms with Crippen molar-refractivity contribution < 1.29 is 9.61 Å². The molecule has 1 N–H and O–H groups in total. The summed E-state index contributed by atoms with van der Waals surface area (Å²) in [6, 6.07) is 15.8. The molecule has 0 spiro atoms. The number of hydrogen-bond acceptors (Lipinski definition) is 4. The Morgan fingerprint density at radius 1 is 1.05 bits per heavy atom. The second-order valence-corrected chi connectivity index (χ2v) is 4.07. The van der Waals surface area contributed by atoms with Gasteiger partial charge < -0.3 is 0 Å². The minimum Gasteiger partial charge on any atom is -0.258 e. The lowest BCUT2D eigenvalue weighted by Gasteiger charge is -2.00. The van der Waals surface area contributed by atoms with Crippen LogP contribution in [0.1, 0.15) is 0 Å². The molecular formula is C13H10N5O2+. The molecule has 0 aliphatic rings. The van der Waals surface area contributed by atoms with Crippen LogP contribution >= 0.6 is 0 Å². The standard InChI is InChI=1S/C13H9N5O2/c19-18(20)12-9-5-4-8-11(12)17-13(14-15-16-17)10-6-2-1-3-7-10/h1-9H/p+1. The van der Waals surface area contributed by atoms with Crippen LogP contribution in [0.4, 0.5) is 5.69 Å². The van der Waals surface area contributed by atoms with Crippen molar-refractivity contribution in [2.75, 3.05) is 0 Å². The Labute approximate surface area is 113 Å². The van der Waals surface area contributed by atoms with Crippen LogP contribution in [0.25, 0.3) is 17.1 Å². The van der Waals surface area contributed by atoms with Gasteiger partial charge in [-0.3, -0.25) is 10.1 Å². The highest BCUT2D eigenvalue weighted by atomic mass is 16.6. The summed E-state index contributed by atoms with van der Waals surface area (Å²) in [5.41, 5.74) is 1.20. The topological polar surface area (TPSA) is 88.6 Å². The molecule has 1 aromatic heterocycles. The third-order valence-corrected chi connectivity index (χ3v) is 2.85. The number of hydrogen-bond donors (Lipinski definition) is 1. The van der Waals surface area contributed by atoms with Gasteiger partial charge in [0.05, 0.1) is 10.5 Å². The summed E-state index contributed by atoms with van der Waals surface area (Å²) < 4.78 is 1.49. The van der Waals surface area contributed by atoms with E-state index in [0.29, 0.717) is 11.5 Å². The number of rotatable bonds is 3. The first-order valence-electron chi connectivity index (χ1n) is 5.89. The van der Waals surface area contributed by atoms with E-state index in [4.69, 9.17) is 0 Å². The van der Waals surface area contributed by atoms with Crippen LogP contribution in [0.15, 0.2) is 54.6 Å². The van der Waals surface area contributed by atoms with Gasteiger partial charge in [-0.1, -0.05) is 35.5 Å². The molecule has 0 unspecified atom stereocenters. The molecule has 0 saturated heterocycles. The Balaban J connectivity index is 2.18. The number of nitrogens with zero attached hydrogens (tertiary/aromatic N) is 4. The summed E-state index contributed by atoms with van der Waals surface area (Å²) in [5, 5.41) is 21.5. The number of nitro groups is 1. The predicted octanol–water partition coefficient (Wildman–Crippen LogP) is 1.66. The minimum absolute atomic E-state index is 0.0132. The smallest absolute Gasteiger partial charge is 0.258 e. The number of tetrazole rings is 1. The van der Waals surface area contributed by atoms with E-state index in [9.17, 15) is 10.1 Å². The van der Waals surface area contributed by atoms with Gasteiger partial charge >= 0.3 is 11.5 Å². The minimum atomic E-state index is -0.433. The Morgan fingerprint density at radius 3 is 2.50 bits per heavy atom. The predicted molar refractivity (Wildman–Crippen MR) is 70.0 cm³/mol. The van der Waals surface area contributed by atoms with E-state index in [2.05, 4.69) is 15.5 Å². The van der Waals surface area contributed by atoms with Gasteiger partial charge in [0.25, 0.3) is 0 Å². The first-order valence-corrected chi connectivity index (χ1v) is 5.89. The molecule has 0 fully saturated rings. The van der Waals surface area contributed by atoms with E-state index in [-0.39, 0.29) is 5.69 Å². The molecule has 7 nitrogen and oxygen atoms in total. The summed E-state index contributed by atoms with van der Waals surface area (Å²) >= 11 is 0. The number of para-hydroxylation sites is 2. The molecule has 0 bridgehead atoms. The Kier molecular flexibility index (Phi) is 2.92. The number of nitrogens with one attached hydrogen (secondary N) is 1. The average molecular weight is 268 g/mol. The van der Waals surface area contributed by atoms with Crippen LogP contribution in [-0.4, -0.2) is 20.4 Å². The fraction of sp³-hybridized carbons (Fsp3) is 0. The van der Waals surface area contributed by atoms with Gasteiger partial charge in [0.2, 0.25) is 5.69 Å². The lowest BCUT2D eigenvalue weighted by molar-refractivity contribution is -0.653. The monoisotopic (exact) mass is 268 g/mol. The molecule has 0 radical (unpaired) electrons. The first-order chi connectivity index (χ1) is 9.77. The number of nitro benzene ring substituents is 1. The van der Waals surface area contributed by atoms with Crippen molar-refractivity contribution in [1.82, 2.24) is 15.5 Å². The van der Waals surface area contributed by atoms with Crippen LogP contribution in [0.2, 0.25) is 0 Å². The van der Waals surface area contributed by atoms with Gasteiger partial charge in [-0.2, -0.15) is 0 Å². The van der Waals surface area contributed by atoms with Crippen molar-refractivity contribution in [3.8, 4) is 17.1 Å². The second-order valence-electron chi connectivity index (χ2n) is 4.07. The normalized spacial score (nSPS) is 10.4. The zero-order valence-electron chi connectivity index (χ0n) is 10.3. The molecule has 98 valence electrons. The largest absolute Gasteiger partial charge is 0.337 e. The fourth-order valence-corrected chi connectivity index (χ4v) is 1.96. The van der Waals surface area contributed by atoms with Crippen LogP contribution in [0.5, 0.6) is 0 Å². The molecule has 0 atom stereocenters. The van der Waals surface area contributed by atoms with E-state index in [1.807, 2.05) is 30.3 Å². The molecule has 0 saturated carbocycles. The van der Waals surface area contributed by atoms with E-state index >= 15 is 0 Å². The quantitative estimate of drug-likeness (QED) is 0.444. The highest BCUT2D eigenvalue weighted by molar-refractivity contribution is 5.53. The lowest BCUT2D eigenvalue weighted by Crippen LogP contribution is -2.35. The molecule has 2 aromatic carbocycles. The maximum absolute atomic E-state index is 11.1. The third-order valence-electron chi connectivity index (χ3n) is 2.85. The van der Waals surface area contributed by atoms with Crippen LogP contribution in [0.3, 0.4) is 0 Å². The summed E-state index contributed by atoms with van der Waals surface area (Å²) in [6.45, 7) is 0. The summed E-state index contributed by atoms with van der Waals surface area (Å²) in [5.74, 6) is 0.514. The molecule has 20 heavy (non-hydrogen) atoms. The van der Waals surface area contributed by atoms with Crippen LogP contribution < -0.4 is 4.68 Å². The number of aromatic nitrogens is 4. The van der Waals surface area contributed by atoms with E-state index in [0.717, 1.165) is 5.56 Å². The maximum atomic E-state index is 11.1.